The zero-order chi connectivity index (χ0) is 23.8. The number of primary amides is 1. The van der Waals surface area contributed by atoms with Crippen LogP contribution in [0, 0.1) is 5.92 Å². The molecule has 0 bridgehead atoms. The Bertz CT molecular complexity index is 1270. The van der Waals surface area contributed by atoms with Gasteiger partial charge in [-0.3, -0.25) is 4.79 Å². The van der Waals surface area contributed by atoms with Gasteiger partial charge in [0.05, 0.1) is 36.3 Å². The summed E-state index contributed by atoms with van der Waals surface area (Å²) in [5, 5.41) is 7.84. The van der Waals surface area contributed by atoms with E-state index >= 15 is 0 Å². The maximum atomic E-state index is 12.2. The number of fused-ring (bicyclic) bond motifs is 1. The molecule has 2 atom stereocenters. The van der Waals surface area contributed by atoms with E-state index in [0.29, 0.717) is 30.7 Å². The van der Waals surface area contributed by atoms with Gasteiger partial charge >= 0.3 is 6.01 Å². The highest BCUT2D eigenvalue weighted by molar-refractivity contribution is 7.88. The molecule has 33 heavy (non-hydrogen) atoms. The van der Waals surface area contributed by atoms with Crippen molar-refractivity contribution in [2.24, 2.45) is 11.7 Å². The molecule has 3 aromatic rings. The molecule has 0 aromatic carbocycles. The molecule has 4 rings (SSSR count). The van der Waals surface area contributed by atoms with Crippen molar-refractivity contribution in [3.63, 3.8) is 0 Å². The van der Waals surface area contributed by atoms with Crippen LogP contribution in [0.25, 0.3) is 16.6 Å². The van der Waals surface area contributed by atoms with Gasteiger partial charge in [-0.25, -0.2) is 27.2 Å². The van der Waals surface area contributed by atoms with E-state index < -0.39 is 15.9 Å². The van der Waals surface area contributed by atoms with E-state index in [9.17, 15) is 13.2 Å². The Morgan fingerprint density at radius 3 is 2.61 bits per heavy atom. The lowest BCUT2D eigenvalue weighted by atomic mass is 9.90. The van der Waals surface area contributed by atoms with Crippen molar-refractivity contribution < 1.29 is 17.9 Å². The summed E-state index contributed by atoms with van der Waals surface area (Å²) in [5.41, 5.74) is 8.77. The normalized spacial score (nSPS) is 19.5. The highest BCUT2D eigenvalue weighted by atomic mass is 32.2. The standard InChI is InChI=1S/C21H27N7O4S/c1-4-13-11-27(33(3,30)31)6-5-17(13)26-19-16(20(22)29)10-25-28-12-14(7-18(19)28)15-8-23-21(32-2)24-9-15/h7-10,12-13,17,26H,4-6,11H2,1-3H3,(H2,22,29)/t13-,17+/m0/s1. The number of ether oxygens (including phenoxy) is 1. The van der Waals surface area contributed by atoms with Gasteiger partial charge < -0.3 is 15.8 Å². The molecule has 1 saturated heterocycles. The number of aromatic nitrogens is 4. The van der Waals surface area contributed by atoms with Crippen molar-refractivity contribution >= 4 is 27.1 Å². The number of nitrogens with two attached hydrogens (primary N) is 1. The first-order chi connectivity index (χ1) is 15.7. The van der Waals surface area contributed by atoms with Crippen LogP contribution in [0.5, 0.6) is 6.01 Å². The topological polar surface area (TPSA) is 145 Å². The largest absolute Gasteiger partial charge is 0.467 e. The lowest BCUT2D eigenvalue weighted by molar-refractivity contribution is 0.100. The van der Waals surface area contributed by atoms with Crippen LogP contribution in [-0.2, 0) is 10.0 Å². The SMILES string of the molecule is CC[C@H]1CN(S(C)(=O)=O)CC[C@H]1Nc1c(C(N)=O)cnn2cc(-c3cnc(OC)nc3)cc12. The molecule has 176 valence electrons. The molecule has 11 nitrogen and oxygen atoms in total. The lowest BCUT2D eigenvalue weighted by Crippen LogP contribution is -2.48. The Morgan fingerprint density at radius 2 is 2.00 bits per heavy atom. The minimum atomic E-state index is -3.26. The van der Waals surface area contributed by atoms with Crippen molar-refractivity contribution in [2.45, 2.75) is 25.8 Å². The van der Waals surface area contributed by atoms with Crippen molar-refractivity contribution in [1.82, 2.24) is 23.9 Å². The van der Waals surface area contributed by atoms with Crippen LogP contribution in [-0.4, -0.2) is 70.7 Å². The van der Waals surface area contributed by atoms with Gasteiger partial charge in [0.25, 0.3) is 5.91 Å². The molecule has 4 heterocycles. The van der Waals surface area contributed by atoms with Crippen molar-refractivity contribution in [2.75, 3.05) is 31.8 Å². The number of nitrogens with one attached hydrogen (secondary N) is 1. The predicted octanol–water partition coefficient (Wildman–Crippen LogP) is 1.37. The van der Waals surface area contributed by atoms with Crippen LogP contribution >= 0.6 is 0 Å². The predicted molar refractivity (Wildman–Crippen MR) is 124 cm³/mol. The molecule has 0 aliphatic carbocycles. The number of anilines is 1. The maximum absolute atomic E-state index is 12.2. The highest BCUT2D eigenvalue weighted by Gasteiger charge is 2.33. The Hall–Kier alpha value is -3.25. The molecule has 3 aromatic heterocycles. The summed E-state index contributed by atoms with van der Waals surface area (Å²) in [7, 11) is -1.76. The molecule has 1 aliphatic rings. The summed E-state index contributed by atoms with van der Waals surface area (Å²) in [6, 6.07) is 2.13. The van der Waals surface area contributed by atoms with Gasteiger partial charge in [-0.15, -0.1) is 0 Å². The molecule has 3 N–H and O–H groups in total. The molecule has 0 radical (unpaired) electrons. The summed E-state index contributed by atoms with van der Waals surface area (Å²) in [6.07, 6.45) is 9.19. The number of rotatable bonds is 7. The molecule has 12 heteroatoms. The summed E-state index contributed by atoms with van der Waals surface area (Å²) < 4.78 is 32.2. The van der Waals surface area contributed by atoms with Gasteiger partial charge in [0.1, 0.15) is 0 Å². The van der Waals surface area contributed by atoms with Crippen LogP contribution in [0.4, 0.5) is 5.69 Å². The third-order valence-electron chi connectivity index (χ3n) is 6.07. The Kier molecular flexibility index (Phi) is 6.21. The third kappa shape index (κ3) is 4.62. The van der Waals surface area contributed by atoms with Gasteiger partial charge in [-0.2, -0.15) is 5.10 Å². The summed E-state index contributed by atoms with van der Waals surface area (Å²) >= 11 is 0. The quantitative estimate of drug-likeness (QED) is 0.523. The first kappa shape index (κ1) is 22.9. The van der Waals surface area contributed by atoms with Crippen LogP contribution in [0.3, 0.4) is 0 Å². The zero-order valence-corrected chi connectivity index (χ0v) is 19.5. The van der Waals surface area contributed by atoms with Crippen LogP contribution in [0.15, 0.2) is 30.9 Å². The van der Waals surface area contributed by atoms with Crippen LogP contribution in [0.1, 0.15) is 30.1 Å². The van der Waals surface area contributed by atoms with Gasteiger partial charge in [0.2, 0.25) is 10.0 Å². The summed E-state index contributed by atoms with van der Waals surface area (Å²) in [4.78, 5) is 20.5. The van der Waals surface area contributed by atoms with E-state index in [-0.39, 0.29) is 23.5 Å². The van der Waals surface area contributed by atoms with Crippen molar-refractivity contribution in [3.8, 4) is 17.1 Å². The fourth-order valence-corrected chi connectivity index (χ4v) is 5.11. The highest BCUT2D eigenvalue weighted by Crippen LogP contribution is 2.32. The minimum Gasteiger partial charge on any atom is -0.467 e. The second kappa shape index (κ2) is 8.94. The van der Waals surface area contributed by atoms with E-state index in [1.54, 1.807) is 16.9 Å². The molecule has 1 fully saturated rings. The fourth-order valence-electron chi connectivity index (χ4n) is 4.21. The zero-order valence-electron chi connectivity index (χ0n) is 18.7. The molecule has 0 unspecified atom stereocenters. The lowest BCUT2D eigenvalue weighted by Gasteiger charge is -2.38. The minimum absolute atomic E-state index is 0.0278. The molecule has 1 aliphatic heterocycles. The second-order valence-corrected chi connectivity index (χ2v) is 10.1. The Labute approximate surface area is 192 Å². The Balaban J connectivity index is 1.71. The number of hydrogen-bond acceptors (Lipinski definition) is 8. The van der Waals surface area contributed by atoms with Crippen LogP contribution < -0.4 is 15.8 Å². The van der Waals surface area contributed by atoms with Crippen molar-refractivity contribution in [3.05, 3.63) is 36.4 Å². The molecule has 0 saturated carbocycles. The number of amides is 1. The smallest absolute Gasteiger partial charge is 0.316 e. The molecule has 1 amide bonds. The first-order valence-corrected chi connectivity index (χ1v) is 12.4. The molecule has 0 spiro atoms. The fraction of sp³-hybridized carbons (Fsp3) is 0.429. The number of carbonyl (C=O) groups excluding carboxylic acids is 1. The van der Waals surface area contributed by atoms with Crippen molar-refractivity contribution in [1.29, 1.82) is 0 Å². The first-order valence-electron chi connectivity index (χ1n) is 10.6. The summed E-state index contributed by atoms with van der Waals surface area (Å²) in [5.74, 6) is -0.517. The van der Waals surface area contributed by atoms with Crippen LogP contribution in [0.2, 0.25) is 0 Å². The number of methoxy groups -OCH3 is 1. The number of sulfonamides is 1. The van der Waals surface area contributed by atoms with E-state index in [1.165, 1.54) is 23.9 Å². The average molecular weight is 474 g/mol. The average Bonchev–Trinajstić information content (AvgIpc) is 3.23. The van der Waals surface area contributed by atoms with E-state index in [1.807, 2.05) is 19.2 Å². The molecular formula is C21H27N7O4S. The van der Waals surface area contributed by atoms with E-state index in [4.69, 9.17) is 10.5 Å². The van der Waals surface area contributed by atoms with E-state index in [2.05, 4.69) is 20.4 Å². The van der Waals surface area contributed by atoms with Gasteiger partial charge in [0.15, 0.2) is 0 Å². The number of carbonyl (C=O) groups is 1. The Morgan fingerprint density at radius 1 is 1.27 bits per heavy atom. The maximum Gasteiger partial charge on any atom is 0.316 e. The monoisotopic (exact) mass is 473 g/mol. The number of hydrogen-bond donors (Lipinski definition) is 2. The number of piperidine rings is 1. The van der Waals surface area contributed by atoms with Gasteiger partial charge in [0, 0.05) is 48.8 Å². The third-order valence-corrected chi connectivity index (χ3v) is 7.34. The van der Waals surface area contributed by atoms with Gasteiger partial charge in [-0.05, 0) is 18.4 Å². The van der Waals surface area contributed by atoms with Gasteiger partial charge in [-0.1, -0.05) is 13.3 Å². The van der Waals surface area contributed by atoms with E-state index in [0.717, 1.165) is 17.5 Å². The second-order valence-electron chi connectivity index (χ2n) is 8.14. The summed E-state index contributed by atoms with van der Waals surface area (Å²) in [6.45, 7) is 2.87. The number of nitrogens with zero attached hydrogens (tertiary/aromatic N) is 5. The molecular weight excluding hydrogens is 446 g/mol.